The quantitative estimate of drug-likeness (QED) is 0.807. The van der Waals surface area contributed by atoms with Crippen LogP contribution >= 0.6 is 11.6 Å². The maximum absolute atomic E-state index is 11.2. The van der Waals surface area contributed by atoms with E-state index in [2.05, 4.69) is 10.1 Å². The lowest BCUT2D eigenvalue weighted by Gasteiger charge is -2.13. The lowest BCUT2D eigenvalue weighted by Crippen LogP contribution is -2.27. The molecule has 1 rings (SSSR count). The minimum absolute atomic E-state index is 0.0197. The van der Waals surface area contributed by atoms with Gasteiger partial charge in [0.05, 0.1) is 17.7 Å². The number of halogens is 1. The van der Waals surface area contributed by atoms with Gasteiger partial charge >= 0.3 is 11.9 Å². The second-order valence-corrected chi connectivity index (χ2v) is 3.80. The van der Waals surface area contributed by atoms with Crippen LogP contribution in [0.25, 0.3) is 0 Å². The number of hydrogen-bond donors (Lipinski definition) is 2. The Bertz CT molecular complexity index is 447. The zero-order valence-electron chi connectivity index (χ0n) is 9.36. The smallest absolute Gasteiger partial charge is 0.337 e. The van der Waals surface area contributed by atoms with E-state index in [-0.39, 0.29) is 10.6 Å². The molecule has 92 valence electrons. The standard InChI is InChI=1S/C11H12ClNO4/c1-6(11(16)17-2)13-7-3-4-9(12)8(5-7)10(14)15/h3-6,13H,1-2H3,(H,14,15). The second kappa shape index (κ2) is 5.54. The highest BCUT2D eigenvalue weighted by atomic mass is 35.5. The average Bonchev–Trinajstić information content (AvgIpc) is 2.30. The van der Waals surface area contributed by atoms with Crippen LogP contribution in [0.15, 0.2) is 18.2 Å². The fourth-order valence-corrected chi connectivity index (χ4v) is 1.46. The normalized spacial score (nSPS) is 11.7. The first-order chi connectivity index (χ1) is 7.95. The Morgan fingerprint density at radius 1 is 1.47 bits per heavy atom. The Kier molecular flexibility index (Phi) is 4.34. The molecule has 0 aliphatic rings. The largest absolute Gasteiger partial charge is 0.478 e. The number of ether oxygens (including phenoxy) is 1. The van der Waals surface area contributed by atoms with Crippen molar-refractivity contribution in [3.63, 3.8) is 0 Å². The van der Waals surface area contributed by atoms with Gasteiger partial charge in [0.25, 0.3) is 0 Å². The predicted molar refractivity (Wildman–Crippen MR) is 63.5 cm³/mol. The summed E-state index contributed by atoms with van der Waals surface area (Å²) in [6.07, 6.45) is 0. The first-order valence-corrected chi connectivity index (χ1v) is 5.20. The van der Waals surface area contributed by atoms with E-state index in [0.717, 1.165) is 0 Å². The van der Waals surface area contributed by atoms with Gasteiger partial charge in [0.15, 0.2) is 0 Å². The van der Waals surface area contributed by atoms with Gasteiger partial charge in [-0.25, -0.2) is 9.59 Å². The Morgan fingerprint density at radius 3 is 2.65 bits per heavy atom. The number of aromatic carboxylic acids is 1. The van der Waals surface area contributed by atoms with E-state index in [4.69, 9.17) is 16.7 Å². The molecule has 0 saturated heterocycles. The third-order valence-corrected chi connectivity index (χ3v) is 2.46. The van der Waals surface area contributed by atoms with Gasteiger partial charge in [0.1, 0.15) is 6.04 Å². The summed E-state index contributed by atoms with van der Waals surface area (Å²) in [5.41, 5.74) is 0.471. The number of anilines is 1. The van der Waals surface area contributed by atoms with Gasteiger partial charge in [-0.05, 0) is 25.1 Å². The molecule has 0 aliphatic heterocycles. The third kappa shape index (κ3) is 3.35. The van der Waals surface area contributed by atoms with E-state index in [0.29, 0.717) is 5.69 Å². The van der Waals surface area contributed by atoms with Crippen LogP contribution in [0.3, 0.4) is 0 Å². The van der Waals surface area contributed by atoms with E-state index in [9.17, 15) is 9.59 Å². The molecular weight excluding hydrogens is 246 g/mol. The van der Waals surface area contributed by atoms with Crippen LogP contribution in [-0.4, -0.2) is 30.2 Å². The number of methoxy groups -OCH3 is 1. The van der Waals surface area contributed by atoms with Crippen molar-refractivity contribution in [3.8, 4) is 0 Å². The van der Waals surface area contributed by atoms with Crippen molar-refractivity contribution in [1.29, 1.82) is 0 Å². The van der Waals surface area contributed by atoms with Gasteiger partial charge in [0.2, 0.25) is 0 Å². The van der Waals surface area contributed by atoms with Gasteiger partial charge in [-0.15, -0.1) is 0 Å². The zero-order chi connectivity index (χ0) is 13.0. The topological polar surface area (TPSA) is 75.6 Å². The molecule has 0 spiro atoms. The van der Waals surface area contributed by atoms with E-state index in [1.165, 1.54) is 19.2 Å². The van der Waals surface area contributed by atoms with Crippen LogP contribution in [0.4, 0.5) is 5.69 Å². The van der Waals surface area contributed by atoms with Crippen molar-refractivity contribution in [3.05, 3.63) is 28.8 Å². The molecule has 6 heteroatoms. The summed E-state index contributed by atoms with van der Waals surface area (Å²) in [5.74, 6) is -1.55. The molecule has 0 radical (unpaired) electrons. The number of carbonyl (C=O) groups excluding carboxylic acids is 1. The average molecular weight is 258 g/mol. The fourth-order valence-electron chi connectivity index (χ4n) is 1.26. The summed E-state index contributed by atoms with van der Waals surface area (Å²) in [7, 11) is 1.28. The van der Waals surface area contributed by atoms with Crippen molar-refractivity contribution in [2.45, 2.75) is 13.0 Å². The van der Waals surface area contributed by atoms with Crippen molar-refractivity contribution in [2.75, 3.05) is 12.4 Å². The summed E-state index contributed by atoms with van der Waals surface area (Å²) >= 11 is 5.72. The van der Waals surface area contributed by atoms with Crippen LogP contribution in [0, 0.1) is 0 Å². The summed E-state index contributed by atoms with van der Waals surface area (Å²) in [4.78, 5) is 22.0. The van der Waals surface area contributed by atoms with E-state index in [1.807, 2.05) is 0 Å². The Morgan fingerprint density at radius 2 is 2.12 bits per heavy atom. The highest BCUT2D eigenvalue weighted by molar-refractivity contribution is 6.33. The predicted octanol–water partition coefficient (Wildman–Crippen LogP) is 2.01. The molecular formula is C11H12ClNO4. The number of carboxylic acid groups (broad SMARTS) is 1. The fraction of sp³-hybridized carbons (Fsp3) is 0.273. The van der Waals surface area contributed by atoms with E-state index >= 15 is 0 Å². The maximum Gasteiger partial charge on any atom is 0.337 e. The van der Waals surface area contributed by atoms with Gasteiger partial charge in [-0.3, -0.25) is 0 Å². The Labute approximate surface area is 103 Å². The van der Waals surface area contributed by atoms with E-state index < -0.39 is 18.0 Å². The molecule has 0 aromatic heterocycles. The first-order valence-electron chi connectivity index (χ1n) is 4.83. The van der Waals surface area contributed by atoms with Crippen LogP contribution in [0.1, 0.15) is 17.3 Å². The van der Waals surface area contributed by atoms with Crippen LogP contribution < -0.4 is 5.32 Å². The summed E-state index contributed by atoms with van der Waals surface area (Å²) < 4.78 is 4.54. The van der Waals surface area contributed by atoms with Crippen molar-refractivity contribution >= 4 is 29.2 Å². The highest BCUT2D eigenvalue weighted by Crippen LogP contribution is 2.21. The molecule has 0 heterocycles. The zero-order valence-corrected chi connectivity index (χ0v) is 10.1. The van der Waals surface area contributed by atoms with Crippen LogP contribution in [0.2, 0.25) is 5.02 Å². The van der Waals surface area contributed by atoms with Crippen LogP contribution in [-0.2, 0) is 9.53 Å². The summed E-state index contributed by atoms with van der Waals surface area (Å²) in [5, 5.41) is 11.8. The molecule has 1 aromatic rings. The number of esters is 1. The number of carboxylic acids is 1. The molecule has 0 amide bonds. The Hall–Kier alpha value is -1.75. The third-order valence-electron chi connectivity index (χ3n) is 2.13. The molecule has 0 saturated carbocycles. The Balaban J connectivity index is 2.90. The lowest BCUT2D eigenvalue weighted by molar-refractivity contribution is -0.141. The molecule has 17 heavy (non-hydrogen) atoms. The van der Waals surface area contributed by atoms with Crippen molar-refractivity contribution in [1.82, 2.24) is 0 Å². The minimum Gasteiger partial charge on any atom is -0.478 e. The number of hydrogen-bond acceptors (Lipinski definition) is 4. The van der Waals surface area contributed by atoms with E-state index in [1.54, 1.807) is 13.0 Å². The molecule has 1 unspecified atom stereocenters. The summed E-state index contributed by atoms with van der Waals surface area (Å²) in [6, 6.07) is 3.85. The van der Waals surface area contributed by atoms with Gasteiger partial charge < -0.3 is 15.2 Å². The number of nitrogens with one attached hydrogen (secondary N) is 1. The van der Waals surface area contributed by atoms with Crippen LogP contribution in [0.5, 0.6) is 0 Å². The van der Waals surface area contributed by atoms with Gasteiger partial charge in [0, 0.05) is 5.69 Å². The van der Waals surface area contributed by atoms with Gasteiger partial charge in [-0.2, -0.15) is 0 Å². The first kappa shape index (κ1) is 13.3. The molecule has 5 nitrogen and oxygen atoms in total. The number of carbonyl (C=O) groups is 2. The number of rotatable bonds is 4. The highest BCUT2D eigenvalue weighted by Gasteiger charge is 2.14. The number of benzene rings is 1. The van der Waals surface area contributed by atoms with Gasteiger partial charge in [-0.1, -0.05) is 11.6 Å². The monoisotopic (exact) mass is 257 g/mol. The minimum atomic E-state index is -1.12. The molecule has 0 aliphatic carbocycles. The van der Waals surface area contributed by atoms with Crippen molar-refractivity contribution in [2.24, 2.45) is 0 Å². The molecule has 1 aromatic carbocycles. The molecule has 0 bridgehead atoms. The van der Waals surface area contributed by atoms with Crippen molar-refractivity contribution < 1.29 is 19.4 Å². The maximum atomic E-state index is 11.2. The SMILES string of the molecule is COC(=O)C(C)Nc1ccc(Cl)c(C(=O)O)c1. The lowest BCUT2D eigenvalue weighted by atomic mass is 10.2. The second-order valence-electron chi connectivity index (χ2n) is 3.39. The molecule has 0 fully saturated rings. The molecule has 1 atom stereocenters. The molecule has 2 N–H and O–H groups in total. The summed E-state index contributed by atoms with van der Waals surface area (Å²) in [6.45, 7) is 1.61.